The number of nitrogens with one attached hydrogen (secondary N) is 2. The zero-order valence-corrected chi connectivity index (χ0v) is 11.3. The summed E-state index contributed by atoms with van der Waals surface area (Å²) in [5.74, 6) is 0.0460. The van der Waals surface area contributed by atoms with E-state index in [-0.39, 0.29) is 18.3 Å². The van der Waals surface area contributed by atoms with Crippen LogP contribution in [0.5, 0.6) is 0 Å². The molecule has 1 atom stereocenters. The Labute approximate surface area is 112 Å². The lowest BCUT2D eigenvalue weighted by atomic mass is 10.2. The lowest BCUT2D eigenvalue weighted by Gasteiger charge is -2.23. The van der Waals surface area contributed by atoms with Gasteiger partial charge in [0.2, 0.25) is 0 Å². The molecule has 0 aliphatic carbocycles. The molecule has 1 unspecified atom stereocenters. The maximum atomic E-state index is 12.2. The molecule has 1 aromatic rings. The number of aromatic nitrogens is 1. The largest absolute Gasteiger partial charge is 0.356 e. The van der Waals surface area contributed by atoms with Crippen molar-refractivity contribution in [3.63, 3.8) is 0 Å². The summed E-state index contributed by atoms with van der Waals surface area (Å²) in [6.45, 7) is 1.68. The predicted molar refractivity (Wildman–Crippen MR) is 71.0 cm³/mol. The number of hydrogen-bond acceptors (Lipinski definition) is 2. The van der Waals surface area contributed by atoms with E-state index in [1.807, 2.05) is 11.9 Å². The number of carbonyl (C=O) groups is 1. The zero-order valence-electron chi connectivity index (χ0n) is 9.70. The lowest BCUT2D eigenvalue weighted by molar-refractivity contribution is 0.0732. The van der Waals surface area contributed by atoms with Crippen LogP contribution in [0, 0.1) is 0 Å². The van der Waals surface area contributed by atoms with Gasteiger partial charge in [0.15, 0.2) is 0 Å². The van der Waals surface area contributed by atoms with Gasteiger partial charge in [0, 0.05) is 25.3 Å². The number of halogens is 2. The topological polar surface area (TPSA) is 48.1 Å². The van der Waals surface area contributed by atoms with E-state index in [2.05, 4.69) is 10.3 Å². The van der Waals surface area contributed by atoms with Crippen LogP contribution in [0.15, 0.2) is 12.3 Å². The summed E-state index contributed by atoms with van der Waals surface area (Å²) >= 11 is 5.79. The molecule has 1 amide bonds. The number of aromatic amines is 1. The number of H-pyrrole nitrogens is 1. The van der Waals surface area contributed by atoms with E-state index in [0.29, 0.717) is 16.8 Å². The van der Waals surface area contributed by atoms with E-state index in [1.54, 1.807) is 12.3 Å². The van der Waals surface area contributed by atoms with Crippen LogP contribution in [0.2, 0.25) is 5.02 Å². The summed E-state index contributed by atoms with van der Waals surface area (Å²) in [6, 6.07) is 1.98. The summed E-state index contributed by atoms with van der Waals surface area (Å²) < 4.78 is 0. The minimum absolute atomic E-state index is 0. The molecule has 0 radical (unpaired) electrons. The zero-order chi connectivity index (χ0) is 11.5. The summed E-state index contributed by atoms with van der Waals surface area (Å²) in [7, 11) is 1.91. The van der Waals surface area contributed by atoms with Crippen LogP contribution in [0.25, 0.3) is 0 Å². The number of amides is 1. The second kappa shape index (κ2) is 6.28. The van der Waals surface area contributed by atoms with E-state index < -0.39 is 0 Å². The number of nitrogens with zero attached hydrogens (tertiary/aromatic N) is 1. The van der Waals surface area contributed by atoms with Gasteiger partial charge in [-0.15, -0.1) is 12.4 Å². The van der Waals surface area contributed by atoms with Gasteiger partial charge in [-0.2, -0.15) is 0 Å². The molecular weight excluding hydrogens is 261 g/mol. The molecule has 17 heavy (non-hydrogen) atoms. The third kappa shape index (κ3) is 3.15. The molecule has 0 saturated carbocycles. The maximum absolute atomic E-state index is 12.2. The molecule has 0 bridgehead atoms. The highest BCUT2D eigenvalue weighted by molar-refractivity contribution is 6.30. The Balaban J connectivity index is 0.00000144. The number of rotatable bonds is 3. The van der Waals surface area contributed by atoms with E-state index in [1.165, 1.54) is 0 Å². The molecule has 0 aromatic carbocycles. The van der Waals surface area contributed by atoms with Crippen molar-refractivity contribution in [2.45, 2.75) is 18.9 Å². The molecular formula is C11H17Cl2N3O. The van der Waals surface area contributed by atoms with Crippen LogP contribution >= 0.6 is 24.0 Å². The molecule has 0 spiro atoms. The van der Waals surface area contributed by atoms with Crippen molar-refractivity contribution in [2.75, 3.05) is 20.1 Å². The number of hydrogen-bond donors (Lipinski definition) is 2. The summed E-state index contributed by atoms with van der Waals surface area (Å²) in [5, 5.41) is 3.70. The average molecular weight is 278 g/mol. The van der Waals surface area contributed by atoms with Crippen molar-refractivity contribution in [1.29, 1.82) is 0 Å². The van der Waals surface area contributed by atoms with Crippen molar-refractivity contribution in [3.05, 3.63) is 23.0 Å². The van der Waals surface area contributed by atoms with Crippen LogP contribution < -0.4 is 5.32 Å². The molecule has 6 heteroatoms. The average Bonchev–Trinajstić information content (AvgIpc) is 2.87. The highest BCUT2D eigenvalue weighted by atomic mass is 35.5. The standard InChI is InChI=1S/C11H16ClN3O.ClH/c1-13-7-9-3-2-4-15(9)11(16)10-5-8(12)6-14-10;/h5-6,9,13-14H,2-4,7H2,1H3;1H. The van der Waals surface area contributed by atoms with Crippen LogP contribution in [0.3, 0.4) is 0 Å². The fourth-order valence-electron chi connectivity index (χ4n) is 2.20. The van der Waals surface area contributed by atoms with E-state index in [4.69, 9.17) is 11.6 Å². The second-order valence-electron chi connectivity index (χ2n) is 4.08. The minimum Gasteiger partial charge on any atom is -0.356 e. The fraction of sp³-hybridized carbons (Fsp3) is 0.545. The Morgan fingerprint density at radius 1 is 1.71 bits per heavy atom. The van der Waals surface area contributed by atoms with Crippen molar-refractivity contribution in [2.24, 2.45) is 0 Å². The number of likely N-dealkylation sites (N-methyl/N-ethyl adjacent to an activating group) is 1. The van der Waals surface area contributed by atoms with Gasteiger partial charge in [-0.3, -0.25) is 4.79 Å². The fourth-order valence-corrected chi connectivity index (χ4v) is 2.36. The van der Waals surface area contributed by atoms with Crippen LogP contribution in [0.4, 0.5) is 0 Å². The predicted octanol–water partition coefficient (Wildman–Crippen LogP) is 1.91. The van der Waals surface area contributed by atoms with Gasteiger partial charge in [-0.25, -0.2) is 0 Å². The normalized spacial score (nSPS) is 19.2. The van der Waals surface area contributed by atoms with Crippen LogP contribution in [0.1, 0.15) is 23.3 Å². The first-order chi connectivity index (χ1) is 7.72. The molecule has 96 valence electrons. The Kier molecular flexibility index (Phi) is 5.31. The van der Waals surface area contributed by atoms with Crippen LogP contribution in [-0.2, 0) is 0 Å². The Hall–Kier alpha value is -0.710. The third-order valence-corrected chi connectivity index (χ3v) is 3.17. The Morgan fingerprint density at radius 3 is 3.06 bits per heavy atom. The quantitative estimate of drug-likeness (QED) is 0.887. The molecule has 1 aromatic heterocycles. The maximum Gasteiger partial charge on any atom is 0.270 e. The molecule has 1 fully saturated rings. The van der Waals surface area contributed by atoms with E-state index >= 15 is 0 Å². The van der Waals surface area contributed by atoms with Gasteiger partial charge < -0.3 is 15.2 Å². The van der Waals surface area contributed by atoms with Gasteiger partial charge in [0.25, 0.3) is 5.91 Å². The third-order valence-electron chi connectivity index (χ3n) is 2.96. The van der Waals surface area contributed by atoms with Gasteiger partial charge in [0.1, 0.15) is 5.69 Å². The first kappa shape index (κ1) is 14.4. The lowest BCUT2D eigenvalue weighted by Crippen LogP contribution is -2.40. The first-order valence-electron chi connectivity index (χ1n) is 5.52. The summed E-state index contributed by atoms with van der Waals surface area (Å²) in [4.78, 5) is 17.0. The van der Waals surface area contributed by atoms with E-state index in [0.717, 1.165) is 25.9 Å². The molecule has 1 aliphatic heterocycles. The molecule has 2 N–H and O–H groups in total. The second-order valence-corrected chi connectivity index (χ2v) is 4.52. The SMILES string of the molecule is CNCC1CCCN1C(=O)c1cc(Cl)c[nH]1.Cl. The van der Waals surface area contributed by atoms with Gasteiger partial charge in [-0.1, -0.05) is 11.6 Å². The Morgan fingerprint density at radius 2 is 2.47 bits per heavy atom. The smallest absolute Gasteiger partial charge is 0.270 e. The molecule has 1 aliphatic rings. The highest BCUT2D eigenvalue weighted by Crippen LogP contribution is 2.20. The van der Waals surface area contributed by atoms with E-state index in [9.17, 15) is 4.79 Å². The van der Waals surface area contributed by atoms with Crippen molar-refractivity contribution in [1.82, 2.24) is 15.2 Å². The van der Waals surface area contributed by atoms with Gasteiger partial charge >= 0.3 is 0 Å². The first-order valence-corrected chi connectivity index (χ1v) is 5.89. The Bertz CT molecular complexity index is 381. The minimum atomic E-state index is 0. The van der Waals surface area contributed by atoms with Crippen LogP contribution in [-0.4, -0.2) is 42.0 Å². The summed E-state index contributed by atoms with van der Waals surface area (Å²) in [6.07, 6.45) is 3.78. The van der Waals surface area contributed by atoms with Crippen molar-refractivity contribution in [3.8, 4) is 0 Å². The summed E-state index contributed by atoms with van der Waals surface area (Å²) in [5.41, 5.74) is 0.577. The molecule has 1 saturated heterocycles. The molecule has 2 rings (SSSR count). The molecule has 4 nitrogen and oxygen atoms in total. The highest BCUT2D eigenvalue weighted by Gasteiger charge is 2.29. The van der Waals surface area contributed by atoms with Crippen molar-refractivity contribution >= 4 is 29.9 Å². The monoisotopic (exact) mass is 277 g/mol. The van der Waals surface area contributed by atoms with Crippen molar-refractivity contribution < 1.29 is 4.79 Å². The molecule has 2 heterocycles. The number of carbonyl (C=O) groups excluding carboxylic acids is 1. The van der Waals surface area contributed by atoms with Gasteiger partial charge in [0.05, 0.1) is 5.02 Å². The van der Waals surface area contributed by atoms with Gasteiger partial charge in [-0.05, 0) is 26.0 Å². The number of likely N-dealkylation sites (tertiary alicyclic amines) is 1.